The molecule has 1 aliphatic heterocycles. The number of likely N-dealkylation sites (tertiary alicyclic amines) is 1. The Morgan fingerprint density at radius 1 is 1.24 bits per heavy atom. The fourth-order valence-corrected chi connectivity index (χ4v) is 3.01. The Bertz CT molecular complexity index is 662. The van der Waals surface area contributed by atoms with Crippen LogP contribution in [0.1, 0.15) is 56.0 Å². The number of ether oxygens (including phenoxy) is 1. The van der Waals surface area contributed by atoms with E-state index in [1.807, 2.05) is 0 Å². The number of amides is 1. The van der Waals surface area contributed by atoms with E-state index in [4.69, 9.17) is 4.74 Å². The van der Waals surface area contributed by atoms with Gasteiger partial charge in [0.2, 0.25) is 5.91 Å². The summed E-state index contributed by atoms with van der Waals surface area (Å²) in [6, 6.07) is 6.12. The molecule has 0 radical (unpaired) electrons. The standard InChI is InChI=1S/C19H25NO5/c1-19(2,3)25-18(24)15-9-6-12-20(15)16(21)11-10-13-7-4-5-8-14(13)17(22)23/h4-5,7-8,15H,6,9-12H2,1-3H3,(H,22,23)/t15-/m0/s1. The van der Waals surface area contributed by atoms with Gasteiger partial charge in [-0.25, -0.2) is 9.59 Å². The van der Waals surface area contributed by atoms with Crippen LogP contribution < -0.4 is 0 Å². The summed E-state index contributed by atoms with van der Waals surface area (Å²) < 4.78 is 5.40. The Labute approximate surface area is 147 Å². The van der Waals surface area contributed by atoms with E-state index in [1.54, 1.807) is 43.9 Å². The summed E-state index contributed by atoms with van der Waals surface area (Å²) in [6.07, 6.45) is 1.87. The summed E-state index contributed by atoms with van der Waals surface area (Å²) in [7, 11) is 0. The van der Waals surface area contributed by atoms with Crippen LogP contribution in [0.4, 0.5) is 0 Å². The second kappa shape index (κ2) is 7.68. The first-order valence-corrected chi connectivity index (χ1v) is 8.52. The maximum atomic E-state index is 12.6. The van der Waals surface area contributed by atoms with E-state index in [2.05, 4.69) is 0 Å². The topological polar surface area (TPSA) is 83.9 Å². The number of carboxylic acids is 1. The molecule has 0 aromatic heterocycles. The first kappa shape index (κ1) is 19.0. The highest BCUT2D eigenvalue weighted by Gasteiger charge is 2.36. The quantitative estimate of drug-likeness (QED) is 0.828. The molecule has 6 nitrogen and oxygen atoms in total. The van der Waals surface area contributed by atoms with Crippen molar-refractivity contribution in [2.24, 2.45) is 0 Å². The second-order valence-electron chi connectivity index (χ2n) is 7.24. The molecule has 1 aromatic rings. The fourth-order valence-electron chi connectivity index (χ4n) is 3.01. The number of carbonyl (C=O) groups excluding carboxylic acids is 2. The van der Waals surface area contributed by atoms with Crippen LogP contribution in [-0.4, -0.2) is 46.0 Å². The third kappa shape index (κ3) is 5.05. The molecule has 0 saturated carbocycles. The summed E-state index contributed by atoms with van der Waals surface area (Å²) in [4.78, 5) is 37.7. The predicted molar refractivity (Wildman–Crippen MR) is 92.3 cm³/mol. The number of rotatable bonds is 5. The lowest BCUT2D eigenvalue weighted by atomic mass is 10.0. The summed E-state index contributed by atoms with van der Waals surface area (Å²) in [6.45, 7) is 5.93. The molecule has 1 amide bonds. The molecule has 1 saturated heterocycles. The lowest BCUT2D eigenvalue weighted by Crippen LogP contribution is -2.43. The van der Waals surface area contributed by atoms with Gasteiger partial charge in [-0.15, -0.1) is 0 Å². The Hall–Kier alpha value is -2.37. The molecule has 0 bridgehead atoms. The zero-order valence-electron chi connectivity index (χ0n) is 14.9. The number of aromatic carboxylic acids is 1. The van der Waals surface area contributed by atoms with Gasteiger partial charge in [0, 0.05) is 13.0 Å². The average molecular weight is 347 g/mol. The molecule has 136 valence electrons. The smallest absolute Gasteiger partial charge is 0.335 e. The van der Waals surface area contributed by atoms with E-state index < -0.39 is 17.6 Å². The van der Waals surface area contributed by atoms with Crippen molar-refractivity contribution in [1.29, 1.82) is 0 Å². The monoisotopic (exact) mass is 347 g/mol. The number of nitrogens with zero attached hydrogens (tertiary/aromatic N) is 1. The minimum atomic E-state index is -1.00. The van der Waals surface area contributed by atoms with Gasteiger partial charge in [-0.05, 0) is 51.7 Å². The van der Waals surface area contributed by atoms with Gasteiger partial charge in [0.1, 0.15) is 11.6 Å². The number of hydrogen-bond donors (Lipinski definition) is 1. The maximum Gasteiger partial charge on any atom is 0.335 e. The molecule has 2 rings (SSSR count). The molecule has 1 fully saturated rings. The molecule has 0 unspecified atom stereocenters. The van der Waals surface area contributed by atoms with Crippen molar-refractivity contribution in [3.63, 3.8) is 0 Å². The van der Waals surface area contributed by atoms with Gasteiger partial charge in [-0.1, -0.05) is 18.2 Å². The Kier molecular flexibility index (Phi) is 5.82. The van der Waals surface area contributed by atoms with Crippen LogP contribution in [-0.2, 0) is 20.7 Å². The van der Waals surface area contributed by atoms with Crippen LogP contribution in [0.3, 0.4) is 0 Å². The fraction of sp³-hybridized carbons (Fsp3) is 0.526. The van der Waals surface area contributed by atoms with Crippen molar-refractivity contribution in [3.8, 4) is 0 Å². The zero-order chi connectivity index (χ0) is 18.6. The van der Waals surface area contributed by atoms with Crippen molar-refractivity contribution < 1.29 is 24.2 Å². The summed E-state index contributed by atoms with van der Waals surface area (Å²) >= 11 is 0. The van der Waals surface area contributed by atoms with Gasteiger partial charge in [0.05, 0.1) is 5.56 Å². The van der Waals surface area contributed by atoms with Gasteiger partial charge in [0.25, 0.3) is 0 Å². The first-order valence-electron chi connectivity index (χ1n) is 8.52. The summed E-state index contributed by atoms with van der Waals surface area (Å²) in [5, 5.41) is 9.21. The molecule has 1 atom stereocenters. The van der Waals surface area contributed by atoms with Gasteiger partial charge >= 0.3 is 11.9 Å². The maximum absolute atomic E-state index is 12.6. The van der Waals surface area contributed by atoms with E-state index in [9.17, 15) is 19.5 Å². The van der Waals surface area contributed by atoms with E-state index in [0.29, 0.717) is 24.9 Å². The minimum absolute atomic E-state index is 0.145. The Morgan fingerprint density at radius 2 is 1.92 bits per heavy atom. The van der Waals surface area contributed by atoms with Crippen molar-refractivity contribution in [2.75, 3.05) is 6.54 Å². The zero-order valence-corrected chi connectivity index (χ0v) is 14.9. The molecule has 0 aliphatic carbocycles. The molecule has 25 heavy (non-hydrogen) atoms. The summed E-state index contributed by atoms with van der Waals surface area (Å²) in [5.74, 6) is -1.52. The van der Waals surface area contributed by atoms with E-state index in [1.165, 1.54) is 6.07 Å². The molecule has 1 aromatic carbocycles. The highest BCUT2D eigenvalue weighted by atomic mass is 16.6. The van der Waals surface area contributed by atoms with Crippen LogP contribution in [0, 0.1) is 0 Å². The van der Waals surface area contributed by atoms with Crippen molar-refractivity contribution in [1.82, 2.24) is 4.90 Å². The lowest BCUT2D eigenvalue weighted by Gasteiger charge is -2.27. The lowest BCUT2D eigenvalue weighted by molar-refractivity contribution is -0.163. The van der Waals surface area contributed by atoms with Crippen LogP contribution in [0.5, 0.6) is 0 Å². The number of carboxylic acid groups (broad SMARTS) is 1. The normalized spacial score (nSPS) is 17.4. The third-order valence-corrected chi connectivity index (χ3v) is 4.11. The van der Waals surface area contributed by atoms with Crippen molar-refractivity contribution in [2.45, 2.75) is 58.1 Å². The molecule has 1 N–H and O–H groups in total. The van der Waals surface area contributed by atoms with E-state index in [0.717, 1.165) is 6.42 Å². The Morgan fingerprint density at radius 3 is 2.56 bits per heavy atom. The molecular formula is C19H25NO5. The minimum Gasteiger partial charge on any atom is -0.478 e. The SMILES string of the molecule is CC(C)(C)OC(=O)[C@@H]1CCCN1C(=O)CCc1ccccc1C(=O)O. The van der Waals surface area contributed by atoms with Crippen LogP contribution in [0.2, 0.25) is 0 Å². The van der Waals surface area contributed by atoms with E-state index in [-0.39, 0.29) is 23.9 Å². The van der Waals surface area contributed by atoms with Crippen LogP contribution >= 0.6 is 0 Å². The number of esters is 1. The van der Waals surface area contributed by atoms with Crippen LogP contribution in [0.25, 0.3) is 0 Å². The second-order valence-corrected chi connectivity index (χ2v) is 7.24. The number of hydrogen-bond acceptors (Lipinski definition) is 4. The largest absolute Gasteiger partial charge is 0.478 e. The van der Waals surface area contributed by atoms with Gasteiger partial charge in [0.15, 0.2) is 0 Å². The van der Waals surface area contributed by atoms with Crippen molar-refractivity contribution in [3.05, 3.63) is 35.4 Å². The summed E-state index contributed by atoms with van der Waals surface area (Å²) in [5.41, 5.74) is 0.242. The number of benzene rings is 1. The molecular weight excluding hydrogens is 322 g/mol. The molecule has 6 heteroatoms. The van der Waals surface area contributed by atoms with E-state index >= 15 is 0 Å². The number of aryl methyl sites for hydroxylation is 1. The molecule has 0 spiro atoms. The Balaban J connectivity index is 2.01. The molecule has 1 heterocycles. The predicted octanol–water partition coefficient (Wildman–Crippen LogP) is 2.65. The molecule has 1 aliphatic rings. The average Bonchev–Trinajstić information content (AvgIpc) is 3.01. The van der Waals surface area contributed by atoms with Gasteiger partial charge in [-0.2, -0.15) is 0 Å². The highest BCUT2D eigenvalue weighted by Crippen LogP contribution is 2.22. The highest BCUT2D eigenvalue weighted by molar-refractivity contribution is 5.90. The third-order valence-electron chi connectivity index (χ3n) is 4.11. The van der Waals surface area contributed by atoms with Crippen LogP contribution in [0.15, 0.2) is 24.3 Å². The van der Waals surface area contributed by atoms with Gasteiger partial charge in [-0.3, -0.25) is 4.79 Å². The first-order chi connectivity index (χ1) is 11.7. The van der Waals surface area contributed by atoms with Crippen molar-refractivity contribution >= 4 is 17.8 Å². The van der Waals surface area contributed by atoms with Gasteiger partial charge < -0.3 is 14.7 Å². The number of carbonyl (C=O) groups is 3.